The van der Waals surface area contributed by atoms with Crippen LogP contribution in [0.15, 0.2) is 36.4 Å². The number of nitrogens with zero attached hydrogens (tertiary/aromatic N) is 1. The Hall–Kier alpha value is -2.76. The van der Waals surface area contributed by atoms with E-state index in [-0.39, 0.29) is 11.6 Å². The van der Waals surface area contributed by atoms with Crippen molar-refractivity contribution in [1.82, 2.24) is 0 Å². The molecular formula is C17H14F2N2O2. The fourth-order valence-corrected chi connectivity index (χ4v) is 2.65. The summed E-state index contributed by atoms with van der Waals surface area (Å²) < 4.78 is 26.1. The maximum absolute atomic E-state index is 13.2. The predicted octanol–water partition coefficient (Wildman–Crippen LogP) is 3.13. The molecule has 6 heteroatoms. The fraction of sp³-hybridized carbons (Fsp3) is 0.176. The van der Waals surface area contributed by atoms with E-state index in [1.165, 1.54) is 13.0 Å². The number of hydrogen-bond acceptors (Lipinski definition) is 2. The molecule has 0 unspecified atom stereocenters. The first kappa shape index (κ1) is 15.1. The van der Waals surface area contributed by atoms with Gasteiger partial charge in [0.05, 0.1) is 0 Å². The lowest BCUT2D eigenvalue weighted by Gasteiger charge is -2.14. The first-order valence-electron chi connectivity index (χ1n) is 7.13. The number of rotatable bonds is 2. The molecule has 0 aromatic heterocycles. The molecule has 0 bridgehead atoms. The van der Waals surface area contributed by atoms with Crippen LogP contribution >= 0.6 is 0 Å². The zero-order valence-corrected chi connectivity index (χ0v) is 12.4. The highest BCUT2D eigenvalue weighted by Crippen LogP contribution is 2.29. The van der Waals surface area contributed by atoms with Gasteiger partial charge in [0, 0.05) is 36.5 Å². The lowest BCUT2D eigenvalue weighted by molar-refractivity contribution is -0.116. The molecule has 0 saturated heterocycles. The van der Waals surface area contributed by atoms with Gasteiger partial charge in [0.2, 0.25) is 5.91 Å². The van der Waals surface area contributed by atoms with Crippen molar-refractivity contribution in [3.63, 3.8) is 0 Å². The number of anilines is 2. The first-order chi connectivity index (χ1) is 11.0. The summed E-state index contributed by atoms with van der Waals surface area (Å²) in [5.74, 6) is -2.44. The average Bonchev–Trinajstić information content (AvgIpc) is 2.94. The van der Waals surface area contributed by atoms with E-state index in [0.717, 1.165) is 23.4 Å². The van der Waals surface area contributed by atoms with Crippen LogP contribution in [0.25, 0.3) is 0 Å². The Kier molecular flexibility index (Phi) is 3.82. The molecule has 2 aromatic rings. The predicted molar refractivity (Wildman–Crippen MR) is 82.5 cm³/mol. The summed E-state index contributed by atoms with van der Waals surface area (Å²) in [5, 5.41) is 2.53. The van der Waals surface area contributed by atoms with Crippen LogP contribution in [-0.4, -0.2) is 18.4 Å². The van der Waals surface area contributed by atoms with Crippen LogP contribution < -0.4 is 10.2 Å². The number of hydrogen-bond donors (Lipinski definition) is 1. The van der Waals surface area contributed by atoms with E-state index in [0.29, 0.717) is 18.5 Å². The second kappa shape index (κ2) is 5.79. The van der Waals surface area contributed by atoms with Crippen molar-refractivity contribution < 1.29 is 18.4 Å². The lowest BCUT2D eigenvalue weighted by atomic mass is 10.1. The lowest BCUT2D eigenvalue weighted by Crippen LogP contribution is -2.25. The van der Waals surface area contributed by atoms with Crippen molar-refractivity contribution in [2.75, 3.05) is 16.8 Å². The minimum atomic E-state index is -1.02. The molecule has 2 amide bonds. The third-order valence-electron chi connectivity index (χ3n) is 3.79. The summed E-state index contributed by atoms with van der Waals surface area (Å²) >= 11 is 0. The van der Waals surface area contributed by atoms with Gasteiger partial charge in [0.25, 0.3) is 5.91 Å². The quantitative estimate of drug-likeness (QED) is 0.925. The largest absolute Gasteiger partial charge is 0.322 e. The van der Waals surface area contributed by atoms with E-state index in [1.807, 2.05) is 0 Å². The highest BCUT2D eigenvalue weighted by atomic mass is 19.2. The third kappa shape index (κ3) is 2.92. The zero-order valence-electron chi connectivity index (χ0n) is 12.4. The highest BCUT2D eigenvalue weighted by Gasteiger charge is 2.23. The Morgan fingerprint density at radius 3 is 2.57 bits per heavy atom. The fourth-order valence-electron chi connectivity index (χ4n) is 2.65. The second-order valence-electron chi connectivity index (χ2n) is 5.35. The van der Waals surface area contributed by atoms with Crippen LogP contribution in [0, 0.1) is 11.6 Å². The molecule has 0 atom stereocenters. The molecule has 0 fully saturated rings. The molecule has 0 spiro atoms. The topological polar surface area (TPSA) is 49.4 Å². The van der Waals surface area contributed by atoms with E-state index in [4.69, 9.17) is 0 Å². The van der Waals surface area contributed by atoms with Crippen LogP contribution in [0.5, 0.6) is 0 Å². The molecule has 0 radical (unpaired) electrons. The van der Waals surface area contributed by atoms with Crippen molar-refractivity contribution in [3.05, 3.63) is 59.2 Å². The van der Waals surface area contributed by atoms with Gasteiger partial charge in [-0.2, -0.15) is 0 Å². The van der Waals surface area contributed by atoms with Crippen LogP contribution in [0.2, 0.25) is 0 Å². The molecular weight excluding hydrogens is 302 g/mol. The number of benzene rings is 2. The van der Waals surface area contributed by atoms with Crippen molar-refractivity contribution in [3.8, 4) is 0 Å². The number of amides is 2. The van der Waals surface area contributed by atoms with Gasteiger partial charge in [-0.25, -0.2) is 8.78 Å². The monoisotopic (exact) mass is 316 g/mol. The Bertz CT molecular complexity index is 805. The Balaban J connectivity index is 1.81. The van der Waals surface area contributed by atoms with Crippen molar-refractivity contribution >= 4 is 23.2 Å². The summed E-state index contributed by atoms with van der Waals surface area (Å²) in [6.07, 6.45) is 0.682. The number of carbonyl (C=O) groups excluding carboxylic acids is 2. The van der Waals surface area contributed by atoms with Crippen LogP contribution in [0.3, 0.4) is 0 Å². The van der Waals surface area contributed by atoms with E-state index in [1.54, 1.807) is 23.1 Å². The number of halogens is 2. The van der Waals surface area contributed by atoms with Gasteiger partial charge in [0.15, 0.2) is 11.6 Å². The van der Waals surface area contributed by atoms with E-state index >= 15 is 0 Å². The summed E-state index contributed by atoms with van der Waals surface area (Å²) in [5.41, 5.74) is 2.30. The van der Waals surface area contributed by atoms with Crippen LogP contribution in [-0.2, 0) is 11.2 Å². The summed E-state index contributed by atoms with van der Waals surface area (Å²) in [7, 11) is 0. The number of nitrogens with one attached hydrogen (secondary N) is 1. The molecule has 0 aliphatic carbocycles. The van der Waals surface area contributed by atoms with Crippen molar-refractivity contribution in [2.45, 2.75) is 13.3 Å². The zero-order chi connectivity index (χ0) is 16.6. The summed E-state index contributed by atoms with van der Waals surface area (Å²) in [4.78, 5) is 25.4. The van der Waals surface area contributed by atoms with Gasteiger partial charge in [-0.15, -0.1) is 0 Å². The molecule has 1 N–H and O–H groups in total. The van der Waals surface area contributed by atoms with E-state index in [9.17, 15) is 18.4 Å². The van der Waals surface area contributed by atoms with Crippen molar-refractivity contribution in [1.29, 1.82) is 0 Å². The molecule has 1 heterocycles. The maximum Gasteiger partial charge on any atom is 0.255 e. The van der Waals surface area contributed by atoms with Gasteiger partial charge < -0.3 is 10.2 Å². The first-order valence-corrected chi connectivity index (χ1v) is 7.13. The number of carbonyl (C=O) groups is 2. The maximum atomic E-state index is 13.2. The Morgan fingerprint density at radius 2 is 1.87 bits per heavy atom. The molecule has 23 heavy (non-hydrogen) atoms. The molecule has 3 rings (SSSR count). The SMILES string of the molecule is CC(=O)N1CCc2cc(C(=O)Nc3ccc(F)c(F)c3)ccc21. The average molecular weight is 316 g/mol. The summed E-state index contributed by atoms with van der Waals surface area (Å²) in [6.45, 7) is 2.09. The van der Waals surface area contributed by atoms with E-state index in [2.05, 4.69) is 5.32 Å². The minimum Gasteiger partial charge on any atom is -0.322 e. The molecule has 4 nitrogen and oxygen atoms in total. The Labute approximate surface area is 131 Å². The minimum absolute atomic E-state index is 0.0391. The Morgan fingerprint density at radius 1 is 1.09 bits per heavy atom. The van der Waals surface area contributed by atoms with Crippen molar-refractivity contribution in [2.24, 2.45) is 0 Å². The van der Waals surface area contributed by atoms with E-state index < -0.39 is 17.5 Å². The molecule has 2 aromatic carbocycles. The van der Waals surface area contributed by atoms with Crippen LogP contribution in [0.1, 0.15) is 22.8 Å². The molecule has 1 aliphatic rings. The molecule has 1 aliphatic heterocycles. The smallest absolute Gasteiger partial charge is 0.255 e. The standard InChI is InChI=1S/C17H14F2N2O2/c1-10(22)21-7-6-11-8-12(2-5-16(11)21)17(23)20-13-3-4-14(18)15(19)9-13/h2-5,8-9H,6-7H2,1H3,(H,20,23). The second-order valence-corrected chi connectivity index (χ2v) is 5.35. The summed E-state index contributed by atoms with van der Waals surface area (Å²) in [6, 6.07) is 8.23. The van der Waals surface area contributed by atoms with Gasteiger partial charge >= 0.3 is 0 Å². The van der Waals surface area contributed by atoms with Gasteiger partial charge in [-0.05, 0) is 42.3 Å². The number of fused-ring (bicyclic) bond motifs is 1. The highest BCUT2D eigenvalue weighted by molar-refractivity contribution is 6.05. The third-order valence-corrected chi connectivity index (χ3v) is 3.79. The molecule has 118 valence electrons. The van der Waals surface area contributed by atoms with Gasteiger partial charge in [0.1, 0.15) is 0 Å². The van der Waals surface area contributed by atoms with Gasteiger partial charge in [-0.1, -0.05) is 0 Å². The molecule has 0 saturated carbocycles. The normalized spacial score (nSPS) is 12.9. The van der Waals surface area contributed by atoms with Crippen LogP contribution in [0.4, 0.5) is 20.2 Å². The van der Waals surface area contributed by atoms with Gasteiger partial charge in [-0.3, -0.25) is 9.59 Å².